The average Bonchev–Trinajstić information content (AvgIpc) is 3.20. The van der Waals surface area contributed by atoms with E-state index >= 15 is 0 Å². The lowest BCUT2D eigenvalue weighted by Crippen LogP contribution is -2.48. The largest absolute Gasteiger partial charge is 0.494 e. The van der Waals surface area contributed by atoms with E-state index in [2.05, 4.69) is 10.3 Å². The highest BCUT2D eigenvalue weighted by Gasteiger charge is 2.35. The molecule has 0 spiro atoms. The van der Waals surface area contributed by atoms with Crippen LogP contribution in [-0.4, -0.2) is 82.1 Å². The number of ether oxygens (including phenoxy) is 1. The quantitative estimate of drug-likeness (QED) is 0.588. The molecule has 0 bridgehead atoms. The fourth-order valence-electron chi connectivity index (χ4n) is 4.44. The van der Waals surface area contributed by atoms with Crippen LogP contribution in [0.25, 0.3) is 0 Å². The molecule has 1 atom stereocenters. The van der Waals surface area contributed by atoms with Crippen molar-refractivity contribution >= 4 is 23.6 Å². The lowest BCUT2D eigenvalue weighted by atomic mass is 10.1. The molecule has 2 N–H and O–H groups in total. The number of piperazine rings is 1. The Morgan fingerprint density at radius 1 is 1.14 bits per heavy atom. The summed E-state index contributed by atoms with van der Waals surface area (Å²) < 4.78 is 5.53. The highest BCUT2D eigenvalue weighted by molar-refractivity contribution is 5.98. The first-order chi connectivity index (χ1) is 16.8. The van der Waals surface area contributed by atoms with Crippen molar-refractivity contribution in [2.24, 2.45) is 0 Å². The number of nitrogens with one attached hydrogen (secondary N) is 1. The van der Waals surface area contributed by atoms with Gasteiger partial charge in [0.1, 0.15) is 17.3 Å². The number of aliphatic hydroxyl groups excluding tert-OH is 1. The van der Waals surface area contributed by atoms with Crippen LogP contribution in [0, 0.1) is 0 Å². The number of benzene rings is 1. The van der Waals surface area contributed by atoms with Crippen molar-refractivity contribution in [2.75, 3.05) is 49.6 Å². The smallest absolute Gasteiger partial charge is 0.273 e. The molecule has 1 aromatic carbocycles. The Labute approximate surface area is 205 Å². The minimum Gasteiger partial charge on any atom is -0.494 e. The number of amides is 2. The van der Waals surface area contributed by atoms with Crippen LogP contribution in [0.2, 0.25) is 0 Å². The van der Waals surface area contributed by atoms with Crippen LogP contribution in [0.5, 0.6) is 5.75 Å². The molecule has 1 aromatic heterocycles. The molecule has 4 rings (SSSR count). The van der Waals surface area contributed by atoms with E-state index in [0.29, 0.717) is 56.8 Å². The van der Waals surface area contributed by atoms with Crippen molar-refractivity contribution in [1.82, 2.24) is 19.8 Å². The summed E-state index contributed by atoms with van der Waals surface area (Å²) in [6.45, 7) is 10.6. The molecule has 3 heterocycles. The topological polar surface area (TPSA) is 111 Å². The van der Waals surface area contributed by atoms with E-state index < -0.39 is 6.04 Å². The van der Waals surface area contributed by atoms with Gasteiger partial charge in [0.15, 0.2) is 0 Å². The normalized spacial score (nSPS) is 16.5. The fourth-order valence-corrected chi connectivity index (χ4v) is 4.44. The van der Waals surface area contributed by atoms with Crippen LogP contribution < -0.4 is 15.0 Å². The Kier molecular flexibility index (Phi) is 7.39. The summed E-state index contributed by atoms with van der Waals surface area (Å²) in [4.78, 5) is 39.9. The first-order valence-corrected chi connectivity index (χ1v) is 12.1. The van der Waals surface area contributed by atoms with Crippen LogP contribution in [0.3, 0.4) is 0 Å². The molecule has 0 unspecified atom stereocenters. The lowest BCUT2D eigenvalue weighted by molar-refractivity contribution is -0.129. The average molecular weight is 483 g/mol. The third kappa shape index (κ3) is 5.17. The molecule has 2 aliphatic rings. The van der Waals surface area contributed by atoms with E-state index in [1.807, 2.05) is 49.9 Å². The minimum atomic E-state index is -0.421. The van der Waals surface area contributed by atoms with Crippen molar-refractivity contribution in [3.63, 3.8) is 0 Å². The number of aromatic nitrogens is 2. The Balaban J connectivity index is 1.65. The summed E-state index contributed by atoms with van der Waals surface area (Å²) in [6, 6.07) is 7.17. The molecule has 1 saturated heterocycles. The number of hydrogen-bond donors (Lipinski definition) is 2. The van der Waals surface area contributed by atoms with Crippen molar-refractivity contribution in [1.29, 1.82) is 0 Å². The number of carbonyl (C=O) groups is 2. The number of aliphatic hydroxyl groups is 1. The zero-order valence-electron chi connectivity index (χ0n) is 20.8. The Bertz CT molecular complexity index is 1070. The SMILES string of the molecule is CCOc1ccc([C@@H](CO)Nc2nc(N3CCN(C(C)=O)CC3)nc3c2CN(C(C)C)C3=O)cc1. The summed E-state index contributed by atoms with van der Waals surface area (Å²) in [5.41, 5.74) is 2.01. The highest BCUT2D eigenvalue weighted by Crippen LogP contribution is 2.33. The predicted molar refractivity (Wildman–Crippen MR) is 133 cm³/mol. The first kappa shape index (κ1) is 24.7. The van der Waals surface area contributed by atoms with E-state index in [4.69, 9.17) is 9.72 Å². The van der Waals surface area contributed by atoms with E-state index in [-0.39, 0.29) is 24.5 Å². The zero-order valence-corrected chi connectivity index (χ0v) is 20.8. The number of nitrogens with zero attached hydrogens (tertiary/aromatic N) is 5. The maximum absolute atomic E-state index is 13.2. The second-order valence-electron chi connectivity index (χ2n) is 9.10. The number of rotatable bonds is 8. The van der Waals surface area contributed by atoms with Crippen LogP contribution in [0.4, 0.5) is 11.8 Å². The van der Waals surface area contributed by atoms with Gasteiger partial charge in [-0.25, -0.2) is 4.98 Å². The Morgan fingerprint density at radius 3 is 2.40 bits per heavy atom. The van der Waals surface area contributed by atoms with E-state index in [0.717, 1.165) is 16.9 Å². The molecular weight excluding hydrogens is 448 g/mol. The highest BCUT2D eigenvalue weighted by atomic mass is 16.5. The van der Waals surface area contributed by atoms with Gasteiger partial charge in [0.05, 0.1) is 25.8 Å². The molecule has 0 radical (unpaired) electrons. The Hall–Kier alpha value is -3.40. The lowest BCUT2D eigenvalue weighted by Gasteiger charge is -2.34. The molecule has 1 fully saturated rings. The molecule has 2 aliphatic heterocycles. The van der Waals surface area contributed by atoms with Gasteiger partial charge in [-0.3, -0.25) is 9.59 Å². The molecule has 0 aliphatic carbocycles. The van der Waals surface area contributed by atoms with Crippen LogP contribution in [0.15, 0.2) is 24.3 Å². The van der Waals surface area contributed by atoms with Gasteiger partial charge >= 0.3 is 0 Å². The van der Waals surface area contributed by atoms with E-state index in [9.17, 15) is 14.7 Å². The first-order valence-electron chi connectivity index (χ1n) is 12.1. The monoisotopic (exact) mass is 482 g/mol. The van der Waals surface area contributed by atoms with Crippen molar-refractivity contribution in [2.45, 2.75) is 46.3 Å². The molecule has 2 aromatic rings. The van der Waals surface area contributed by atoms with E-state index in [1.165, 1.54) is 0 Å². The van der Waals surface area contributed by atoms with Gasteiger partial charge in [0, 0.05) is 44.7 Å². The van der Waals surface area contributed by atoms with Gasteiger partial charge in [-0.05, 0) is 38.5 Å². The summed E-state index contributed by atoms with van der Waals surface area (Å²) in [6.07, 6.45) is 0. The van der Waals surface area contributed by atoms with Crippen LogP contribution in [-0.2, 0) is 11.3 Å². The molecule has 0 saturated carbocycles. The maximum atomic E-state index is 13.2. The van der Waals surface area contributed by atoms with Crippen molar-refractivity contribution in [3.05, 3.63) is 41.1 Å². The molecule has 188 valence electrons. The standard InChI is InChI=1S/C25H34N6O4/c1-5-35-19-8-6-18(7-9-19)21(15-32)26-23-20-14-31(16(2)3)24(34)22(20)27-25(28-23)30-12-10-29(11-13-30)17(4)33/h6-9,16,21,32H,5,10-15H2,1-4H3,(H,26,27,28)/t21-/m1/s1. The molecule has 2 amide bonds. The number of fused-ring (bicyclic) bond motifs is 1. The second kappa shape index (κ2) is 10.5. The molecule has 10 heteroatoms. The zero-order chi connectivity index (χ0) is 25.1. The summed E-state index contributed by atoms with van der Waals surface area (Å²) in [5, 5.41) is 13.6. The van der Waals surface area contributed by atoms with Gasteiger partial charge in [-0.1, -0.05) is 12.1 Å². The summed E-state index contributed by atoms with van der Waals surface area (Å²) >= 11 is 0. The number of anilines is 2. The van der Waals surface area contributed by atoms with E-state index in [1.54, 1.807) is 16.7 Å². The number of carbonyl (C=O) groups excluding carboxylic acids is 2. The van der Waals surface area contributed by atoms with Crippen LogP contribution in [0.1, 0.15) is 55.4 Å². The van der Waals surface area contributed by atoms with Crippen LogP contribution >= 0.6 is 0 Å². The summed E-state index contributed by atoms with van der Waals surface area (Å²) in [7, 11) is 0. The molecular formula is C25H34N6O4. The summed E-state index contributed by atoms with van der Waals surface area (Å²) in [5.74, 6) is 1.69. The van der Waals surface area contributed by atoms with Crippen molar-refractivity contribution < 1.29 is 19.4 Å². The molecule has 10 nitrogen and oxygen atoms in total. The maximum Gasteiger partial charge on any atom is 0.273 e. The van der Waals surface area contributed by atoms with Gasteiger partial charge in [-0.15, -0.1) is 0 Å². The van der Waals surface area contributed by atoms with Crippen molar-refractivity contribution in [3.8, 4) is 5.75 Å². The fraction of sp³-hybridized carbons (Fsp3) is 0.520. The third-order valence-electron chi connectivity index (χ3n) is 6.51. The predicted octanol–water partition coefficient (Wildman–Crippen LogP) is 2.05. The second-order valence-corrected chi connectivity index (χ2v) is 9.10. The molecule has 35 heavy (non-hydrogen) atoms. The third-order valence-corrected chi connectivity index (χ3v) is 6.51. The van der Waals surface area contributed by atoms with Gasteiger partial charge in [-0.2, -0.15) is 4.98 Å². The Morgan fingerprint density at radius 2 is 1.83 bits per heavy atom. The number of hydrogen-bond acceptors (Lipinski definition) is 8. The van der Waals surface area contributed by atoms with Gasteiger partial charge in [0.25, 0.3) is 5.91 Å². The van der Waals surface area contributed by atoms with Gasteiger partial charge in [0.2, 0.25) is 11.9 Å². The van der Waals surface area contributed by atoms with Gasteiger partial charge < -0.3 is 29.9 Å². The minimum absolute atomic E-state index is 0.0202.